The minimum absolute atomic E-state index is 0.0592. The Bertz CT molecular complexity index is 628. The summed E-state index contributed by atoms with van der Waals surface area (Å²) in [6.45, 7) is 0.686. The van der Waals surface area contributed by atoms with E-state index in [4.69, 9.17) is 0 Å². The number of nitrogens with zero attached hydrogens (tertiary/aromatic N) is 2. The molecule has 0 spiro atoms. The number of nitrogens with one attached hydrogen (secondary N) is 1. The fraction of sp³-hybridized carbons (Fsp3) is 0.267. The molecule has 1 aromatic heterocycles. The molecule has 2 aromatic rings. The second-order valence-electron chi connectivity index (χ2n) is 4.87. The first-order valence-electron chi connectivity index (χ1n) is 6.81. The molecule has 1 N–H and O–H groups in total. The second kappa shape index (κ2) is 6.05. The number of benzene rings is 1. The van der Waals surface area contributed by atoms with Crippen LogP contribution in [0.3, 0.4) is 0 Å². The van der Waals surface area contributed by atoms with Crippen LogP contribution in [0.4, 0.5) is 5.69 Å². The molecular weight excluding hydrogens is 286 g/mol. The standard InChI is InChI=1S/C15H15N3O2S/c19-14(13-9-21-10-16-13)17-12-7-4-8-18(15(12)20)11-5-2-1-3-6-11/h1-3,5-6,9-10,12H,4,7-8H2,(H,17,19)/t12-/m1/s1. The van der Waals surface area contributed by atoms with Crippen molar-refractivity contribution < 1.29 is 9.59 Å². The van der Waals surface area contributed by atoms with Crippen molar-refractivity contribution in [3.63, 3.8) is 0 Å². The topological polar surface area (TPSA) is 62.3 Å². The van der Waals surface area contributed by atoms with Gasteiger partial charge in [0.15, 0.2) is 0 Å². The Morgan fingerprint density at radius 1 is 1.33 bits per heavy atom. The number of para-hydroxylation sites is 1. The van der Waals surface area contributed by atoms with Crippen LogP contribution >= 0.6 is 11.3 Å². The Morgan fingerprint density at radius 3 is 2.86 bits per heavy atom. The van der Waals surface area contributed by atoms with Crippen LogP contribution in [-0.2, 0) is 4.79 Å². The zero-order chi connectivity index (χ0) is 14.7. The van der Waals surface area contributed by atoms with Gasteiger partial charge >= 0.3 is 0 Å². The van der Waals surface area contributed by atoms with E-state index in [1.165, 1.54) is 11.3 Å². The summed E-state index contributed by atoms with van der Waals surface area (Å²) in [5, 5.41) is 4.46. The molecule has 21 heavy (non-hydrogen) atoms. The lowest BCUT2D eigenvalue weighted by atomic mass is 10.0. The van der Waals surface area contributed by atoms with Gasteiger partial charge in [-0.05, 0) is 25.0 Å². The zero-order valence-corrected chi connectivity index (χ0v) is 12.2. The molecule has 1 saturated heterocycles. The Hall–Kier alpha value is -2.21. The lowest BCUT2D eigenvalue weighted by molar-refractivity contribution is -0.121. The Balaban J connectivity index is 1.72. The number of rotatable bonds is 3. The Labute approximate surface area is 126 Å². The first-order valence-corrected chi connectivity index (χ1v) is 7.75. The number of hydrogen-bond acceptors (Lipinski definition) is 4. The highest BCUT2D eigenvalue weighted by atomic mass is 32.1. The molecule has 5 nitrogen and oxygen atoms in total. The number of thiazole rings is 1. The summed E-state index contributed by atoms with van der Waals surface area (Å²) in [6.07, 6.45) is 1.53. The molecule has 0 aliphatic carbocycles. The van der Waals surface area contributed by atoms with Gasteiger partial charge in [-0.2, -0.15) is 0 Å². The van der Waals surface area contributed by atoms with E-state index in [2.05, 4.69) is 10.3 Å². The van der Waals surface area contributed by atoms with Crippen molar-refractivity contribution >= 4 is 28.8 Å². The maximum absolute atomic E-state index is 12.5. The molecule has 0 radical (unpaired) electrons. The molecule has 0 unspecified atom stereocenters. The lowest BCUT2D eigenvalue weighted by Gasteiger charge is -2.32. The Kier molecular flexibility index (Phi) is 3.96. The molecule has 3 rings (SSSR count). The van der Waals surface area contributed by atoms with Crippen molar-refractivity contribution in [1.82, 2.24) is 10.3 Å². The number of piperidine rings is 1. The van der Waals surface area contributed by atoms with E-state index in [0.717, 1.165) is 12.1 Å². The third-order valence-electron chi connectivity index (χ3n) is 3.48. The summed E-state index contributed by atoms with van der Waals surface area (Å²) in [6, 6.07) is 9.05. The van der Waals surface area contributed by atoms with Crippen molar-refractivity contribution in [3.8, 4) is 0 Å². The summed E-state index contributed by atoms with van der Waals surface area (Å²) >= 11 is 1.36. The van der Waals surface area contributed by atoms with Gasteiger partial charge in [0.25, 0.3) is 5.91 Å². The summed E-state index contributed by atoms with van der Waals surface area (Å²) in [5.74, 6) is -0.347. The fourth-order valence-corrected chi connectivity index (χ4v) is 2.96. The normalized spacial score (nSPS) is 18.6. The van der Waals surface area contributed by atoms with Crippen LogP contribution in [0.5, 0.6) is 0 Å². The average Bonchev–Trinajstić information content (AvgIpc) is 3.05. The predicted molar refractivity (Wildman–Crippen MR) is 81.4 cm³/mol. The minimum Gasteiger partial charge on any atom is -0.339 e. The summed E-state index contributed by atoms with van der Waals surface area (Å²) in [7, 11) is 0. The van der Waals surface area contributed by atoms with Gasteiger partial charge in [0, 0.05) is 17.6 Å². The minimum atomic E-state index is -0.479. The van der Waals surface area contributed by atoms with Gasteiger partial charge in [-0.1, -0.05) is 18.2 Å². The zero-order valence-electron chi connectivity index (χ0n) is 11.4. The van der Waals surface area contributed by atoms with Crippen LogP contribution in [0.1, 0.15) is 23.3 Å². The van der Waals surface area contributed by atoms with Crippen LogP contribution in [0, 0.1) is 0 Å². The first-order chi connectivity index (χ1) is 10.3. The molecule has 1 aromatic carbocycles. The second-order valence-corrected chi connectivity index (χ2v) is 5.59. The molecule has 0 bridgehead atoms. The highest BCUT2D eigenvalue weighted by Crippen LogP contribution is 2.20. The first kappa shape index (κ1) is 13.8. The molecule has 1 aliphatic rings. The number of carbonyl (C=O) groups is 2. The van der Waals surface area contributed by atoms with E-state index >= 15 is 0 Å². The van der Waals surface area contributed by atoms with Gasteiger partial charge in [0.2, 0.25) is 5.91 Å². The van der Waals surface area contributed by atoms with Crippen LogP contribution < -0.4 is 10.2 Å². The SMILES string of the molecule is O=C(N[C@@H]1CCCN(c2ccccc2)C1=O)c1cscn1. The van der Waals surface area contributed by atoms with E-state index in [1.807, 2.05) is 30.3 Å². The molecule has 2 amide bonds. The van der Waals surface area contributed by atoms with Gasteiger partial charge in [-0.3, -0.25) is 9.59 Å². The smallest absolute Gasteiger partial charge is 0.271 e. The quantitative estimate of drug-likeness (QED) is 0.944. The van der Waals surface area contributed by atoms with Gasteiger partial charge < -0.3 is 10.2 Å². The van der Waals surface area contributed by atoms with Crippen molar-refractivity contribution in [2.75, 3.05) is 11.4 Å². The maximum atomic E-state index is 12.5. The monoisotopic (exact) mass is 301 g/mol. The van der Waals surface area contributed by atoms with Crippen LogP contribution in [0.15, 0.2) is 41.2 Å². The van der Waals surface area contributed by atoms with E-state index in [-0.39, 0.29) is 11.8 Å². The summed E-state index contributed by atoms with van der Waals surface area (Å²) < 4.78 is 0. The number of anilines is 1. The highest BCUT2D eigenvalue weighted by molar-refractivity contribution is 7.07. The van der Waals surface area contributed by atoms with Gasteiger partial charge in [0.05, 0.1) is 5.51 Å². The fourth-order valence-electron chi connectivity index (χ4n) is 2.43. The third kappa shape index (κ3) is 2.95. The van der Waals surface area contributed by atoms with Crippen LogP contribution in [0.2, 0.25) is 0 Å². The lowest BCUT2D eigenvalue weighted by Crippen LogP contribution is -2.52. The molecule has 2 heterocycles. The summed E-state index contributed by atoms with van der Waals surface area (Å²) in [5.41, 5.74) is 2.84. The van der Waals surface area contributed by atoms with Gasteiger partial charge in [0.1, 0.15) is 11.7 Å². The van der Waals surface area contributed by atoms with Crippen molar-refractivity contribution in [3.05, 3.63) is 46.9 Å². The van der Waals surface area contributed by atoms with Crippen molar-refractivity contribution in [2.45, 2.75) is 18.9 Å². The number of hydrogen-bond donors (Lipinski definition) is 1. The van der Waals surface area contributed by atoms with E-state index in [9.17, 15) is 9.59 Å². The number of amides is 2. The van der Waals surface area contributed by atoms with Crippen LogP contribution in [-0.4, -0.2) is 29.4 Å². The molecular formula is C15H15N3O2S. The molecule has 1 aliphatic heterocycles. The molecule has 1 atom stereocenters. The number of carbonyl (C=O) groups excluding carboxylic acids is 2. The van der Waals surface area contributed by atoms with Crippen molar-refractivity contribution in [1.29, 1.82) is 0 Å². The van der Waals surface area contributed by atoms with Crippen molar-refractivity contribution in [2.24, 2.45) is 0 Å². The van der Waals surface area contributed by atoms with E-state index < -0.39 is 6.04 Å². The molecule has 0 saturated carbocycles. The highest BCUT2D eigenvalue weighted by Gasteiger charge is 2.31. The van der Waals surface area contributed by atoms with E-state index in [0.29, 0.717) is 18.7 Å². The maximum Gasteiger partial charge on any atom is 0.271 e. The average molecular weight is 301 g/mol. The van der Waals surface area contributed by atoms with Gasteiger partial charge in [-0.15, -0.1) is 11.3 Å². The predicted octanol–water partition coefficient (Wildman–Crippen LogP) is 2.07. The number of aromatic nitrogens is 1. The third-order valence-corrected chi connectivity index (χ3v) is 4.06. The molecule has 108 valence electrons. The Morgan fingerprint density at radius 2 is 2.14 bits per heavy atom. The molecule has 6 heteroatoms. The van der Waals surface area contributed by atoms with Gasteiger partial charge in [-0.25, -0.2) is 4.98 Å². The van der Waals surface area contributed by atoms with E-state index in [1.54, 1.807) is 15.8 Å². The van der Waals surface area contributed by atoms with Crippen LogP contribution in [0.25, 0.3) is 0 Å². The molecule has 1 fully saturated rings. The summed E-state index contributed by atoms with van der Waals surface area (Å²) in [4.78, 5) is 30.2. The largest absolute Gasteiger partial charge is 0.339 e.